The maximum absolute atomic E-state index is 13.1. The van der Waals surface area contributed by atoms with Gasteiger partial charge >= 0.3 is 13.8 Å². The number of anilines is 3. The van der Waals surface area contributed by atoms with Gasteiger partial charge in [-0.05, 0) is 49.0 Å². The molecule has 44 heavy (non-hydrogen) atoms. The molecule has 0 saturated carbocycles. The second-order valence-corrected chi connectivity index (χ2v) is 11.4. The lowest BCUT2D eigenvalue weighted by molar-refractivity contribution is -0.119. The summed E-state index contributed by atoms with van der Waals surface area (Å²) < 4.78 is 8.88. The minimum atomic E-state index is -4.64. The van der Waals surface area contributed by atoms with Gasteiger partial charge in [0.1, 0.15) is 0 Å². The van der Waals surface area contributed by atoms with Gasteiger partial charge in [-0.1, -0.05) is 36.4 Å². The van der Waals surface area contributed by atoms with Gasteiger partial charge in [-0.15, -0.1) is 0 Å². The number of carbonyl (C=O) groups is 3. The van der Waals surface area contributed by atoms with Crippen LogP contribution in [0.2, 0.25) is 0 Å². The zero-order valence-corrected chi connectivity index (χ0v) is 25.1. The lowest BCUT2D eigenvalue weighted by Crippen LogP contribution is -2.48. The van der Waals surface area contributed by atoms with Gasteiger partial charge in [-0.3, -0.25) is 14.5 Å². The van der Waals surface area contributed by atoms with Crippen molar-refractivity contribution in [2.24, 2.45) is 0 Å². The first-order chi connectivity index (χ1) is 20.8. The summed E-state index contributed by atoms with van der Waals surface area (Å²) in [7, 11) is -0.767. The van der Waals surface area contributed by atoms with Crippen LogP contribution >= 0.6 is 7.82 Å². The van der Waals surface area contributed by atoms with E-state index in [1.807, 2.05) is 54.6 Å². The standard InChI is InChI=1S/C30H31N5O4.H3O4P/c1-33-14-16-35(17-15-33)19-26(36)34(2)23-11-9-22(10-12-23)31-28(20-6-4-3-5-7-20)27-24-13-8-21(30(38)39)18-25(24)32-29(27)37;1-5(2,3)4/h3-13,18,31H,14-17,19H2,1-2H3,(H,32,37)(H,38,39);(H3,1,2,3,4)/b28-27-;. The van der Waals surface area contributed by atoms with Crippen LogP contribution in [-0.4, -0.2) is 94.2 Å². The van der Waals surface area contributed by atoms with Crippen LogP contribution in [0.15, 0.2) is 72.8 Å². The number of carboxylic acids is 1. The zero-order valence-electron chi connectivity index (χ0n) is 24.2. The van der Waals surface area contributed by atoms with E-state index in [2.05, 4.69) is 27.5 Å². The first-order valence-corrected chi connectivity index (χ1v) is 15.2. The Hall–Kier alpha value is -4.36. The second kappa shape index (κ2) is 14.0. The summed E-state index contributed by atoms with van der Waals surface area (Å²) in [6.45, 7) is 4.06. The fourth-order valence-electron chi connectivity index (χ4n) is 4.80. The number of benzene rings is 3. The molecule has 5 rings (SSSR count). The average molecular weight is 624 g/mol. The van der Waals surface area contributed by atoms with Crippen molar-refractivity contribution in [2.75, 3.05) is 62.4 Å². The minimum absolute atomic E-state index is 0.0346. The summed E-state index contributed by atoms with van der Waals surface area (Å²) in [6.07, 6.45) is 0. The molecule has 0 radical (unpaired) electrons. The third-order valence-corrected chi connectivity index (χ3v) is 7.18. The van der Waals surface area contributed by atoms with Crippen molar-refractivity contribution in [1.82, 2.24) is 9.80 Å². The molecule has 1 saturated heterocycles. The monoisotopic (exact) mass is 623 g/mol. The van der Waals surface area contributed by atoms with Gasteiger partial charge in [-0.2, -0.15) is 0 Å². The summed E-state index contributed by atoms with van der Waals surface area (Å²) in [5.74, 6) is -1.34. The van der Waals surface area contributed by atoms with Crippen LogP contribution in [0.3, 0.4) is 0 Å². The van der Waals surface area contributed by atoms with Crippen molar-refractivity contribution >= 4 is 53.9 Å². The van der Waals surface area contributed by atoms with Crippen LogP contribution < -0.4 is 15.5 Å². The first-order valence-electron chi connectivity index (χ1n) is 13.6. The molecule has 14 heteroatoms. The van der Waals surface area contributed by atoms with E-state index >= 15 is 0 Å². The maximum atomic E-state index is 13.1. The number of aromatic carboxylic acids is 1. The quantitative estimate of drug-likeness (QED) is 0.168. The number of fused-ring (bicyclic) bond motifs is 1. The smallest absolute Gasteiger partial charge is 0.466 e. The van der Waals surface area contributed by atoms with Gasteiger partial charge in [0.25, 0.3) is 5.91 Å². The number of nitrogens with one attached hydrogen (secondary N) is 2. The molecule has 3 aromatic carbocycles. The molecule has 13 nitrogen and oxygen atoms in total. The lowest BCUT2D eigenvalue weighted by Gasteiger charge is -2.32. The molecule has 0 unspecified atom stereocenters. The van der Waals surface area contributed by atoms with Gasteiger partial charge in [-0.25, -0.2) is 9.36 Å². The molecule has 0 aromatic heterocycles. The summed E-state index contributed by atoms with van der Waals surface area (Å²) in [4.78, 5) is 65.1. The van der Waals surface area contributed by atoms with Crippen molar-refractivity contribution in [2.45, 2.75) is 0 Å². The van der Waals surface area contributed by atoms with Crippen LogP contribution in [0.5, 0.6) is 0 Å². The van der Waals surface area contributed by atoms with Crippen LogP contribution in [-0.2, 0) is 14.2 Å². The molecule has 2 aliphatic rings. The van der Waals surface area contributed by atoms with Gasteiger partial charge in [0.05, 0.1) is 29.1 Å². The van der Waals surface area contributed by atoms with E-state index in [1.165, 1.54) is 12.1 Å². The van der Waals surface area contributed by atoms with Crippen LogP contribution in [0.4, 0.5) is 17.1 Å². The molecule has 0 atom stereocenters. The molecule has 2 heterocycles. The summed E-state index contributed by atoms with van der Waals surface area (Å²) in [5, 5.41) is 15.5. The second-order valence-electron chi connectivity index (χ2n) is 10.4. The van der Waals surface area contributed by atoms with E-state index in [0.717, 1.165) is 43.1 Å². The Balaban J connectivity index is 0.000000818. The number of piperazine rings is 1. The highest BCUT2D eigenvalue weighted by Crippen LogP contribution is 2.38. The normalized spacial score (nSPS) is 16.2. The first kappa shape index (κ1) is 32.6. The van der Waals surface area contributed by atoms with Crippen LogP contribution in [0.1, 0.15) is 21.5 Å². The van der Waals surface area contributed by atoms with Gasteiger partial charge in [0.15, 0.2) is 0 Å². The van der Waals surface area contributed by atoms with Crippen LogP contribution in [0, 0.1) is 0 Å². The Morgan fingerprint density at radius 1 is 0.932 bits per heavy atom. The summed E-state index contributed by atoms with van der Waals surface area (Å²) in [6, 6.07) is 21.6. The van der Waals surface area contributed by atoms with E-state index in [1.54, 1.807) is 18.0 Å². The molecule has 0 aliphatic carbocycles. The SMILES string of the molecule is CN1CCN(CC(=O)N(C)c2ccc(N/C(=C3\C(=O)Nc4cc(C(=O)O)ccc43)c3ccccc3)cc2)CC1.O=P(O)(O)O. The molecule has 1 fully saturated rings. The third kappa shape index (κ3) is 8.60. The molecule has 232 valence electrons. The van der Waals surface area contributed by atoms with E-state index in [9.17, 15) is 19.5 Å². The highest BCUT2D eigenvalue weighted by atomic mass is 31.2. The summed E-state index contributed by atoms with van der Waals surface area (Å²) in [5.41, 5.74) is 4.54. The molecule has 0 spiro atoms. The predicted molar refractivity (Wildman–Crippen MR) is 167 cm³/mol. The highest BCUT2D eigenvalue weighted by Gasteiger charge is 2.29. The van der Waals surface area contributed by atoms with Crippen molar-refractivity contribution in [3.05, 3.63) is 89.5 Å². The Bertz CT molecular complexity index is 1590. The molecular weight excluding hydrogens is 589 g/mol. The molecular formula is C30H34N5O8P. The Labute approximate surface area is 254 Å². The van der Waals surface area contributed by atoms with E-state index < -0.39 is 13.8 Å². The number of likely N-dealkylation sites (N-methyl/N-ethyl adjacent to an activating group) is 2. The topological polar surface area (TPSA) is 183 Å². The fraction of sp³-hybridized carbons (Fsp3) is 0.233. The number of amides is 2. The molecule has 3 aromatic rings. The number of carbonyl (C=O) groups excluding carboxylic acids is 2. The number of hydrogen-bond acceptors (Lipinski definition) is 7. The number of hydrogen-bond donors (Lipinski definition) is 6. The van der Waals surface area contributed by atoms with Crippen molar-refractivity contribution in [3.8, 4) is 0 Å². The van der Waals surface area contributed by atoms with Gasteiger partial charge in [0.2, 0.25) is 5.91 Å². The minimum Gasteiger partial charge on any atom is -0.478 e. The lowest BCUT2D eigenvalue weighted by atomic mass is 9.99. The number of carboxylic acid groups (broad SMARTS) is 1. The Morgan fingerprint density at radius 3 is 2.14 bits per heavy atom. The van der Waals surface area contributed by atoms with E-state index in [4.69, 9.17) is 19.2 Å². The maximum Gasteiger partial charge on any atom is 0.466 e. The third-order valence-electron chi connectivity index (χ3n) is 7.18. The van der Waals surface area contributed by atoms with Crippen molar-refractivity contribution in [1.29, 1.82) is 0 Å². The zero-order chi connectivity index (χ0) is 32.0. The highest BCUT2D eigenvalue weighted by molar-refractivity contribution is 7.45. The van der Waals surface area contributed by atoms with E-state index in [0.29, 0.717) is 29.1 Å². The molecule has 2 aliphatic heterocycles. The molecule has 6 N–H and O–H groups in total. The predicted octanol–water partition coefficient (Wildman–Crippen LogP) is 2.60. The van der Waals surface area contributed by atoms with Gasteiger partial charge < -0.3 is 40.2 Å². The molecule has 2 amide bonds. The number of rotatable bonds is 7. The van der Waals surface area contributed by atoms with Crippen LogP contribution in [0.25, 0.3) is 11.3 Å². The summed E-state index contributed by atoms with van der Waals surface area (Å²) >= 11 is 0. The average Bonchev–Trinajstić information content (AvgIpc) is 3.31. The number of phosphoric acid groups is 1. The largest absolute Gasteiger partial charge is 0.478 e. The molecule has 0 bridgehead atoms. The fourth-order valence-corrected chi connectivity index (χ4v) is 4.80. The Morgan fingerprint density at radius 2 is 1.55 bits per heavy atom. The van der Waals surface area contributed by atoms with Crippen molar-refractivity contribution in [3.63, 3.8) is 0 Å². The van der Waals surface area contributed by atoms with E-state index in [-0.39, 0.29) is 17.4 Å². The number of nitrogens with zero attached hydrogens (tertiary/aromatic N) is 3. The Kier molecular flexibility index (Phi) is 10.3. The van der Waals surface area contributed by atoms with Gasteiger partial charge in [0, 0.05) is 50.2 Å². The van der Waals surface area contributed by atoms with Crippen molar-refractivity contribution < 1.29 is 38.7 Å².